The van der Waals surface area contributed by atoms with Crippen LogP contribution in [-0.2, 0) is 4.79 Å². The zero-order valence-corrected chi connectivity index (χ0v) is 19.6. The number of carboxylic acids is 2. The summed E-state index contributed by atoms with van der Waals surface area (Å²) in [6.45, 7) is 4.60. The van der Waals surface area contributed by atoms with E-state index in [9.17, 15) is 14.4 Å². The molecule has 0 aliphatic rings. The second kappa shape index (κ2) is 13.2. The monoisotopic (exact) mass is 467 g/mol. The molecule has 0 spiro atoms. The summed E-state index contributed by atoms with van der Waals surface area (Å²) in [5, 5.41) is 22.8. The van der Waals surface area contributed by atoms with Gasteiger partial charge >= 0.3 is 11.9 Å². The van der Waals surface area contributed by atoms with Gasteiger partial charge in [0.25, 0.3) is 0 Å². The van der Waals surface area contributed by atoms with Crippen LogP contribution >= 0.6 is 11.3 Å². The molecule has 3 N–H and O–H groups in total. The minimum Gasteiger partial charge on any atom is -0.481 e. The van der Waals surface area contributed by atoms with E-state index in [0.717, 1.165) is 13.0 Å². The molecule has 1 heterocycles. The Bertz CT molecular complexity index is 1040. The fourth-order valence-corrected chi connectivity index (χ4v) is 3.72. The molecule has 7 heteroatoms. The summed E-state index contributed by atoms with van der Waals surface area (Å²) < 4.78 is 0. The van der Waals surface area contributed by atoms with Crippen LogP contribution in [0.15, 0.2) is 66.0 Å². The van der Waals surface area contributed by atoms with Crippen LogP contribution in [0.2, 0.25) is 0 Å². The molecule has 33 heavy (non-hydrogen) atoms. The lowest BCUT2D eigenvalue weighted by atomic mass is 9.99. The fraction of sp³-hybridized carbons (Fsp3) is 0.269. The van der Waals surface area contributed by atoms with Crippen molar-refractivity contribution in [3.8, 4) is 0 Å². The third kappa shape index (κ3) is 7.88. The van der Waals surface area contributed by atoms with Crippen molar-refractivity contribution in [2.75, 3.05) is 11.9 Å². The normalized spacial score (nSPS) is 11.1. The van der Waals surface area contributed by atoms with Crippen molar-refractivity contribution in [3.05, 3.63) is 87.6 Å². The van der Waals surface area contributed by atoms with Gasteiger partial charge in [-0.25, -0.2) is 4.79 Å². The maximum Gasteiger partial charge on any atom is 0.337 e. The van der Waals surface area contributed by atoms with Crippen LogP contribution in [0, 0.1) is 0 Å². The first-order valence-corrected chi connectivity index (χ1v) is 11.7. The summed E-state index contributed by atoms with van der Waals surface area (Å²) in [5.41, 5.74) is 2.33. The van der Waals surface area contributed by atoms with Gasteiger partial charge in [0.15, 0.2) is 0 Å². The number of unbranched alkanes of at least 4 members (excludes halogenated alkanes) is 2. The molecule has 6 nitrogen and oxygen atoms in total. The summed E-state index contributed by atoms with van der Waals surface area (Å²) in [7, 11) is 0. The Morgan fingerprint density at radius 3 is 2.21 bits per heavy atom. The van der Waals surface area contributed by atoms with Crippen molar-refractivity contribution in [2.45, 2.75) is 39.0 Å². The molecule has 0 aliphatic carbocycles. The van der Waals surface area contributed by atoms with Gasteiger partial charge < -0.3 is 15.5 Å². The smallest absolute Gasteiger partial charge is 0.337 e. The highest BCUT2D eigenvalue weighted by Crippen LogP contribution is 2.19. The lowest BCUT2D eigenvalue weighted by molar-refractivity contribution is -0.138. The topological polar surface area (TPSA) is 104 Å². The van der Waals surface area contributed by atoms with Gasteiger partial charge in [-0.3, -0.25) is 9.59 Å². The average Bonchev–Trinajstić information content (AvgIpc) is 3.36. The largest absolute Gasteiger partial charge is 0.481 e. The van der Waals surface area contributed by atoms with E-state index in [2.05, 4.69) is 12.2 Å². The number of para-hydroxylation sites is 1. The number of carbonyl (C=O) groups excluding carboxylic acids is 1. The first-order chi connectivity index (χ1) is 15.8. The molecule has 1 aromatic heterocycles. The molecular formula is C26H29NO5S. The number of hydrogen-bond acceptors (Lipinski definition) is 5. The van der Waals surface area contributed by atoms with E-state index in [0.29, 0.717) is 27.3 Å². The first-order valence-electron chi connectivity index (χ1n) is 10.8. The number of aromatic carboxylic acids is 1. The zero-order chi connectivity index (χ0) is 24.2. The number of nitrogens with one attached hydrogen (secondary N) is 1. The van der Waals surface area contributed by atoms with Crippen molar-refractivity contribution in [1.82, 2.24) is 0 Å². The maximum atomic E-state index is 12.0. The quantitative estimate of drug-likeness (QED) is 0.244. The Hall–Kier alpha value is -3.45. The van der Waals surface area contributed by atoms with E-state index < -0.39 is 17.9 Å². The van der Waals surface area contributed by atoms with Crippen LogP contribution in [0.5, 0.6) is 0 Å². The number of carbonyl (C=O) groups is 3. The SMILES string of the molecule is CC(C(=O)O)c1ccc(C(=O)c2cccs2)cc1.CCCCCNc1ccccc1C(=O)O. The molecule has 0 bridgehead atoms. The number of rotatable bonds is 10. The van der Waals surface area contributed by atoms with Crippen molar-refractivity contribution in [1.29, 1.82) is 0 Å². The Balaban J connectivity index is 0.000000238. The highest BCUT2D eigenvalue weighted by Gasteiger charge is 2.15. The van der Waals surface area contributed by atoms with Crippen molar-refractivity contribution < 1.29 is 24.6 Å². The van der Waals surface area contributed by atoms with Crippen LogP contribution in [0.4, 0.5) is 5.69 Å². The molecule has 3 aromatic rings. The molecule has 0 radical (unpaired) electrons. The standard InChI is InChI=1S/C14H12O3S.C12H17NO2/c1-9(14(16)17)10-4-6-11(7-5-10)13(15)12-3-2-8-18-12;1-2-3-6-9-13-11-8-5-4-7-10(11)12(14)15/h2-9H,1H3,(H,16,17);4-5,7-8,13H,2-3,6,9H2,1H3,(H,14,15). The fourth-order valence-electron chi connectivity index (χ4n) is 3.04. The Morgan fingerprint density at radius 2 is 1.64 bits per heavy atom. The third-order valence-electron chi connectivity index (χ3n) is 5.04. The molecule has 1 atom stereocenters. The van der Waals surface area contributed by atoms with Crippen molar-refractivity contribution in [3.63, 3.8) is 0 Å². The number of carboxylic acid groups (broad SMARTS) is 2. The first kappa shape index (κ1) is 25.8. The summed E-state index contributed by atoms with van der Waals surface area (Å²) in [6.07, 6.45) is 3.41. The van der Waals surface area contributed by atoms with Crippen LogP contribution in [-0.4, -0.2) is 34.5 Å². The molecular weight excluding hydrogens is 438 g/mol. The van der Waals surface area contributed by atoms with Crippen LogP contribution in [0.25, 0.3) is 0 Å². The van der Waals surface area contributed by atoms with Gasteiger partial charge in [0.05, 0.1) is 16.4 Å². The van der Waals surface area contributed by atoms with Crippen LogP contribution in [0.3, 0.4) is 0 Å². The predicted octanol–water partition coefficient (Wildman–Crippen LogP) is 6.15. The van der Waals surface area contributed by atoms with Crippen molar-refractivity contribution >= 4 is 34.7 Å². The molecule has 174 valence electrons. The minimum atomic E-state index is -0.881. The minimum absolute atomic E-state index is 0.0282. The molecule has 1 unspecified atom stereocenters. The second-order valence-corrected chi connectivity index (χ2v) is 8.42. The molecule has 0 amide bonds. The van der Waals surface area contributed by atoms with E-state index >= 15 is 0 Å². The van der Waals surface area contributed by atoms with Gasteiger partial charge in [-0.1, -0.05) is 62.2 Å². The van der Waals surface area contributed by atoms with Crippen LogP contribution in [0.1, 0.15) is 70.2 Å². The number of anilines is 1. The van der Waals surface area contributed by atoms with Gasteiger partial charge in [-0.15, -0.1) is 11.3 Å². The van der Waals surface area contributed by atoms with Gasteiger partial charge in [-0.05, 0) is 42.5 Å². The number of hydrogen-bond donors (Lipinski definition) is 3. The van der Waals surface area contributed by atoms with Gasteiger partial charge in [0.2, 0.25) is 5.78 Å². The number of ketones is 1. The predicted molar refractivity (Wildman–Crippen MR) is 132 cm³/mol. The van der Waals surface area contributed by atoms with E-state index in [1.807, 2.05) is 17.5 Å². The Labute approximate surface area is 197 Å². The summed E-state index contributed by atoms with van der Waals surface area (Å²) in [5.74, 6) is -2.34. The van der Waals surface area contributed by atoms with E-state index in [4.69, 9.17) is 10.2 Å². The van der Waals surface area contributed by atoms with E-state index in [1.54, 1.807) is 55.5 Å². The lowest BCUT2D eigenvalue weighted by Crippen LogP contribution is -2.07. The molecule has 0 saturated carbocycles. The highest BCUT2D eigenvalue weighted by molar-refractivity contribution is 7.12. The summed E-state index contributed by atoms with van der Waals surface area (Å²) >= 11 is 1.40. The lowest BCUT2D eigenvalue weighted by Gasteiger charge is -2.08. The Kier molecular flexibility index (Phi) is 10.3. The number of thiophene rings is 1. The van der Waals surface area contributed by atoms with Crippen molar-refractivity contribution in [2.24, 2.45) is 0 Å². The maximum absolute atomic E-state index is 12.0. The van der Waals surface area contributed by atoms with Gasteiger partial charge in [-0.2, -0.15) is 0 Å². The highest BCUT2D eigenvalue weighted by atomic mass is 32.1. The molecule has 0 fully saturated rings. The van der Waals surface area contributed by atoms with Gasteiger partial charge in [0.1, 0.15) is 0 Å². The van der Waals surface area contributed by atoms with Gasteiger partial charge in [0, 0.05) is 17.8 Å². The molecule has 2 aromatic carbocycles. The average molecular weight is 468 g/mol. The molecule has 0 saturated heterocycles. The third-order valence-corrected chi connectivity index (χ3v) is 5.91. The summed E-state index contributed by atoms with van der Waals surface area (Å²) in [4.78, 5) is 34.4. The van der Waals surface area contributed by atoms with E-state index in [1.165, 1.54) is 24.2 Å². The van der Waals surface area contributed by atoms with Crippen LogP contribution < -0.4 is 5.32 Å². The van der Waals surface area contributed by atoms with E-state index in [-0.39, 0.29) is 5.78 Å². The number of benzene rings is 2. The molecule has 0 aliphatic heterocycles. The Morgan fingerprint density at radius 1 is 0.939 bits per heavy atom. The number of aliphatic carboxylic acids is 1. The second-order valence-electron chi connectivity index (χ2n) is 7.47. The zero-order valence-electron chi connectivity index (χ0n) is 18.8. The summed E-state index contributed by atoms with van der Waals surface area (Å²) in [6, 6.07) is 17.3. The molecule has 3 rings (SSSR count).